The number of carbonyl (C=O) groups excluding carboxylic acids is 3. The van der Waals surface area contributed by atoms with E-state index in [0.717, 1.165) is 16.3 Å². The monoisotopic (exact) mass is 661 g/mol. The second-order valence-electron chi connectivity index (χ2n) is 8.80. The first-order valence-electron chi connectivity index (χ1n) is 12.4. The predicted octanol–water partition coefficient (Wildman–Crippen LogP) is 2.20. The quantitative estimate of drug-likeness (QED) is 0.111. The number of aryl methyl sites for hydroxylation is 1. The van der Waals surface area contributed by atoms with Crippen LogP contribution in [0.25, 0.3) is 0 Å². The van der Waals surface area contributed by atoms with Crippen molar-refractivity contribution >= 4 is 81.4 Å². The molecule has 2 aliphatic heterocycles. The summed E-state index contributed by atoms with van der Waals surface area (Å²) in [7, 11) is 1.25. The van der Waals surface area contributed by atoms with Gasteiger partial charge in [0.15, 0.2) is 16.0 Å². The molecule has 1 fully saturated rings. The van der Waals surface area contributed by atoms with Crippen LogP contribution in [0.3, 0.4) is 0 Å². The number of fused-ring (bicyclic) bond motifs is 1. The molecule has 3 aromatic rings. The van der Waals surface area contributed by atoms with Crippen molar-refractivity contribution in [3.8, 4) is 5.75 Å². The van der Waals surface area contributed by atoms with Gasteiger partial charge in [-0.1, -0.05) is 46.5 Å². The molecule has 0 spiro atoms. The molecule has 1 saturated heterocycles. The van der Waals surface area contributed by atoms with Crippen molar-refractivity contribution in [2.45, 2.75) is 22.7 Å². The lowest BCUT2D eigenvalue weighted by atomic mass is 10.0. The average Bonchev–Trinajstić information content (AvgIpc) is 3.64. The lowest BCUT2D eigenvalue weighted by Crippen LogP contribution is -2.71. The summed E-state index contributed by atoms with van der Waals surface area (Å²) in [4.78, 5) is 61.0. The number of anilines is 1. The van der Waals surface area contributed by atoms with E-state index in [2.05, 4.69) is 31.0 Å². The summed E-state index contributed by atoms with van der Waals surface area (Å²) in [5.41, 5.74) is 0.284. The van der Waals surface area contributed by atoms with Gasteiger partial charge < -0.3 is 25.3 Å². The molecule has 2 aliphatic rings. The van der Waals surface area contributed by atoms with Crippen LogP contribution in [0, 0.1) is 6.92 Å². The molecule has 0 bridgehead atoms. The number of carboxylic acids is 1. The van der Waals surface area contributed by atoms with E-state index in [-0.39, 0.29) is 28.8 Å². The van der Waals surface area contributed by atoms with Crippen molar-refractivity contribution in [2.75, 3.05) is 30.5 Å². The van der Waals surface area contributed by atoms with Crippen LogP contribution in [0.4, 0.5) is 5.82 Å². The Morgan fingerprint density at radius 2 is 2.02 bits per heavy atom. The summed E-state index contributed by atoms with van der Waals surface area (Å²) >= 11 is 5.14. The second kappa shape index (κ2) is 13.5. The molecule has 1 aromatic carbocycles. The van der Waals surface area contributed by atoms with Crippen molar-refractivity contribution in [3.63, 3.8) is 0 Å². The highest BCUT2D eigenvalue weighted by Crippen LogP contribution is 2.41. The van der Waals surface area contributed by atoms with Crippen LogP contribution in [-0.4, -0.2) is 91.2 Å². The Morgan fingerprint density at radius 1 is 1.23 bits per heavy atom. The maximum atomic E-state index is 13.2. The summed E-state index contributed by atoms with van der Waals surface area (Å²) in [6, 6.07) is 7.85. The van der Waals surface area contributed by atoms with Gasteiger partial charge in [-0.3, -0.25) is 19.3 Å². The third-order valence-corrected chi connectivity index (χ3v) is 10.1. The fourth-order valence-corrected chi connectivity index (χ4v) is 8.07. The summed E-state index contributed by atoms with van der Waals surface area (Å²) in [5, 5.41) is 28.8. The molecule has 14 nitrogen and oxygen atoms in total. The molecule has 5 rings (SSSR count). The van der Waals surface area contributed by atoms with Gasteiger partial charge in [-0.05, 0) is 24.6 Å². The van der Waals surface area contributed by atoms with Gasteiger partial charge in [0.1, 0.15) is 40.8 Å². The van der Waals surface area contributed by atoms with Crippen molar-refractivity contribution < 1.29 is 33.9 Å². The first kappa shape index (κ1) is 30.5. The highest BCUT2D eigenvalue weighted by Gasteiger charge is 2.54. The second-order valence-corrected chi connectivity index (χ2v) is 13.2. The first-order valence-corrected chi connectivity index (χ1v) is 16.2. The molecule has 0 saturated carbocycles. The highest BCUT2D eigenvalue weighted by molar-refractivity contribution is 8.01. The molecule has 224 valence electrons. The number of β-lactam (4-membered cyclic amide) rings is 1. The maximum Gasteiger partial charge on any atom is 0.352 e. The lowest BCUT2D eigenvalue weighted by molar-refractivity contribution is -0.150. The van der Waals surface area contributed by atoms with E-state index in [9.17, 15) is 24.3 Å². The smallest absolute Gasteiger partial charge is 0.352 e. The summed E-state index contributed by atoms with van der Waals surface area (Å²) in [6.07, 6.45) is 0. The van der Waals surface area contributed by atoms with E-state index in [1.807, 2.05) is 13.0 Å². The van der Waals surface area contributed by atoms with Crippen molar-refractivity contribution in [1.82, 2.24) is 25.4 Å². The van der Waals surface area contributed by atoms with E-state index in [4.69, 9.17) is 9.57 Å². The lowest BCUT2D eigenvalue weighted by Gasteiger charge is -2.49. The van der Waals surface area contributed by atoms with E-state index in [1.165, 1.54) is 52.3 Å². The molecule has 18 heteroatoms. The number of oxime groups is 1. The molecule has 0 unspecified atom stereocenters. The number of benzene rings is 1. The number of nitrogens with one attached hydrogen (secondary N) is 2. The maximum absolute atomic E-state index is 13.2. The Morgan fingerprint density at radius 3 is 2.72 bits per heavy atom. The molecule has 4 heterocycles. The number of aromatic nitrogens is 3. The Labute approximate surface area is 260 Å². The molecule has 3 N–H and O–H groups in total. The third-order valence-electron chi connectivity index (χ3n) is 5.90. The summed E-state index contributed by atoms with van der Waals surface area (Å²) < 4.78 is 6.13. The summed E-state index contributed by atoms with van der Waals surface area (Å²) in [5.74, 6) is -1.57. The van der Waals surface area contributed by atoms with Gasteiger partial charge in [-0.15, -0.1) is 33.3 Å². The fraction of sp³-hybridized carbons (Fsp3) is 0.280. The van der Waals surface area contributed by atoms with E-state index in [0.29, 0.717) is 27.2 Å². The average molecular weight is 662 g/mol. The van der Waals surface area contributed by atoms with Crippen molar-refractivity contribution in [1.29, 1.82) is 0 Å². The molecule has 2 aromatic heterocycles. The predicted molar refractivity (Wildman–Crippen MR) is 161 cm³/mol. The van der Waals surface area contributed by atoms with Crippen LogP contribution in [0.2, 0.25) is 0 Å². The van der Waals surface area contributed by atoms with Crippen LogP contribution in [0.1, 0.15) is 10.0 Å². The van der Waals surface area contributed by atoms with E-state index >= 15 is 0 Å². The number of carboxylic acid groups (broad SMARTS) is 1. The molecule has 43 heavy (non-hydrogen) atoms. The van der Waals surface area contributed by atoms with Gasteiger partial charge in [0, 0.05) is 16.9 Å². The Balaban J connectivity index is 1.21. The molecule has 2 atom stereocenters. The van der Waals surface area contributed by atoms with Crippen molar-refractivity contribution in [3.05, 3.63) is 57.0 Å². The van der Waals surface area contributed by atoms with E-state index in [1.54, 1.807) is 24.3 Å². The van der Waals surface area contributed by atoms with E-state index < -0.39 is 35.1 Å². The minimum atomic E-state index is -1.22. The Kier molecular flexibility index (Phi) is 9.59. The van der Waals surface area contributed by atoms with Crippen molar-refractivity contribution in [2.24, 2.45) is 5.16 Å². The van der Waals surface area contributed by atoms with Gasteiger partial charge in [0.05, 0.1) is 0 Å². The Hall–Kier alpha value is -4.00. The Bertz CT molecular complexity index is 1610. The van der Waals surface area contributed by atoms with Crippen LogP contribution in [-0.2, 0) is 24.0 Å². The number of rotatable bonds is 12. The minimum absolute atomic E-state index is 0.0877. The summed E-state index contributed by atoms with van der Waals surface area (Å²) in [6.45, 7) is 1.58. The van der Waals surface area contributed by atoms with Gasteiger partial charge in [0.25, 0.3) is 17.7 Å². The van der Waals surface area contributed by atoms with Gasteiger partial charge in [-0.2, -0.15) is 0 Å². The SMILES string of the molecule is CON=C(C(=O)N[C@@H]1C(=O)N2C(C(=O)O)=C(CSc3nnc(C)s3)CS[C@@H]12)c1nc(NC(=O)COc2ccccc2)cs1. The number of hydrogen-bond donors (Lipinski definition) is 3. The van der Waals surface area contributed by atoms with Crippen LogP contribution >= 0.6 is 46.2 Å². The molecule has 0 radical (unpaired) electrons. The number of hydrogen-bond acceptors (Lipinski definition) is 14. The number of para-hydroxylation sites is 1. The van der Waals surface area contributed by atoms with Gasteiger partial charge in [0.2, 0.25) is 5.71 Å². The van der Waals surface area contributed by atoms with Gasteiger partial charge in [-0.25, -0.2) is 9.78 Å². The topological polar surface area (TPSA) is 185 Å². The number of aliphatic carboxylic acids is 1. The largest absolute Gasteiger partial charge is 0.484 e. The normalized spacial score (nSPS) is 18.0. The number of thioether (sulfide) groups is 2. The number of nitrogens with zero attached hydrogens (tertiary/aromatic N) is 5. The number of ether oxygens (including phenoxy) is 1. The molecule has 0 aliphatic carbocycles. The molecular weight excluding hydrogens is 639 g/mol. The number of carbonyl (C=O) groups is 4. The van der Waals surface area contributed by atoms with Crippen LogP contribution < -0.4 is 15.4 Å². The highest BCUT2D eigenvalue weighted by atomic mass is 32.2. The van der Waals surface area contributed by atoms with Gasteiger partial charge >= 0.3 is 5.97 Å². The zero-order valence-corrected chi connectivity index (χ0v) is 25.8. The number of thiazole rings is 1. The zero-order chi connectivity index (χ0) is 30.5. The van der Waals surface area contributed by atoms with Crippen LogP contribution in [0.5, 0.6) is 5.75 Å². The van der Waals surface area contributed by atoms with Crippen LogP contribution in [0.15, 0.2) is 56.5 Å². The third kappa shape index (κ3) is 6.98. The fourth-order valence-electron chi connectivity index (χ4n) is 4.04. The first-order chi connectivity index (χ1) is 20.7. The molecular formula is C25H23N7O7S4. The number of amides is 3. The standard InChI is InChI=1S/C25H23N7O7S4/c1-12-29-30-25(43-12)42-10-13-9-41-23-18(22(35)32(23)19(13)24(36)37)28-20(34)17(31-38-2)21-27-15(11-40-21)26-16(33)8-39-14-6-4-3-5-7-14/h3-7,11,18,23H,8-10H2,1-2H3,(H,26,33)(H,28,34)(H,36,37)/t18-,23+/m1/s1. The molecule has 3 amide bonds. The minimum Gasteiger partial charge on any atom is -0.484 e. The zero-order valence-electron chi connectivity index (χ0n) is 22.5.